The van der Waals surface area contributed by atoms with Crippen molar-refractivity contribution in [2.75, 3.05) is 0 Å². The van der Waals surface area contributed by atoms with Crippen LogP contribution in [0.3, 0.4) is 0 Å². The predicted octanol–water partition coefficient (Wildman–Crippen LogP) is 2.01. The van der Waals surface area contributed by atoms with E-state index in [0.29, 0.717) is 0 Å². The van der Waals surface area contributed by atoms with Crippen LogP contribution in [0.4, 0.5) is 5.69 Å². The van der Waals surface area contributed by atoms with E-state index in [-0.39, 0.29) is 16.4 Å². The first-order valence-corrected chi connectivity index (χ1v) is 8.12. The van der Waals surface area contributed by atoms with Crippen molar-refractivity contribution in [3.05, 3.63) is 68.4 Å². The molecule has 8 nitrogen and oxygen atoms in total. The van der Waals surface area contributed by atoms with Crippen molar-refractivity contribution in [2.24, 2.45) is 0 Å². The quantitative estimate of drug-likeness (QED) is 0.326. The lowest BCUT2D eigenvalue weighted by Crippen LogP contribution is -2.48. The van der Waals surface area contributed by atoms with E-state index in [1.54, 1.807) is 6.08 Å². The lowest BCUT2D eigenvalue weighted by Gasteiger charge is -2.09. The molecule has 1 aromatic carbocycles. The first kappa shape index (κ1) is 18.2. The maximum absolute atomic E-state index is 11.9. The molecular formula is C15H12N4O4S2. The summed E-state index contributed by atoms with van der Waals surface area (Å²) in [6.45, 7) is 0. The SMILES string of the molecule is O=C(C=Cc1cccs1)NC(=S)NNC(=O)c1cccc([N+](=O)[O-])c1. The molecule has 0 radical (unpaired) electrons. The van der Waals surface area contributed by atoms with Crippen molar-refractivity contribution in [1.82, 2.24) is 16.2 Å². The van der Waals surface area contributed by atoms with E-state index in [2.05, 4.69) is 16.2 Å². The number of amides is 2. The number of rotatable bonds is 4. The van der Waals surface area contributed by atoms with E-state index in [1.165, 1.54) is 35.6 Å². The Balaban J connectivity index is 1.83. The maximum atomic E-state index is 11.9. The first-order chi connectivity index (χ1) is 12.0. The van der Waals surface area contributed by atoms with Crippen LogP contribution in [-0.4, -0.2) is 21.9 Å². The first-order valence-electron chi connectivity index (χ1n) is 6.83. The molecule has 3 N–H and O–H groups in total. The molecule has 25 heavy (non-hydrogen) atoms. The number of thiophene rings is 1. The van der Waals surface area contributed by atoms with Gasteiger partial charge in [0, 0.05) is 28.6 Å². The van der Waals surface area contributed by atoms with E-state index in [0.717, 1.165) is 10.9 Å². The molecule has 2 aromatic rings. The summed E-state index contributed by atoms with van der Waals surface area (Å²) in [5, 5.41) is 14.8. The van der Waals surface area contributed by atoms with Crippen LogP contribution in [0.25, 0.3) is 6.08 Å². The van der Waals surface area contributed by atoms with Gasteiger partial charge in [0.1, 0.15) is 0 Å². The van der Waals surface area contributed by atoms with Crippen LogP contribution < -0.4 is 16.2 Å². The Morgan fingerprint density at radius 2 is 2.00 bits per heavy atom. The van der Waals surface area contributed by atoms with Gasteiger partial charge in [0.2, 0.25) is 5.91 Å². The van der Waals surface area contributed by atoms with Crippen LogP contribution in [0.15, 0.2) is 47.9 Å². The minimum Gasteiger partial charge on any atom is -0.298 e. The molecule has 1 aromatic heterocycles. The number of benzene rings is 1. The molecule has 1 heterocycles. The number of hydrogen-bond acceptors (Lipinski definition) is 6. The number of nitro groups is 1. The zero-order valence-corrected chi connectivity index (χ0v) is 14.2. The van der Waals surface area contributed by atoms with Crippen molar-refractivity contribution in [3.63, 3.8) is 0 Å². The molecule has 10 heteroatoms. The number of carbonyl (C=O) groups is 2. The van der Waals surface area contributed by atoms with Gasteiger partial charge in [0.15, 0.2) is 5.11 Å². The average Bonchev–Trinajstić information content (AvgIpc) is 3.11. The van der Waals surface area contributed by atoms with E-state index < -0.39 is 16.7 Å². The molecule has 0 saturated carbocycles. The van der Waals surface area contributed by atoms with Gasteiger partial charge in [-0.25, -0.2) is 0 Å². The Morgan fingerprint density at radius 1 is 1.20 bits per heavy atom. The lowest BCUT2D eigenvalue weighted by molar-refractivity contribution is -0.384. The Labute approximate surface area is 151 Å². The summed E-state index contributed by atoms with van der Waals surface area (Å²) in [5.74, 6) is -1.09. The number of carbonyl (C=O) groups excluding carboxylic acids is 2. The smallest absolute Gasteiger partial charge is 0.270 e. The van der Waals surface area contributed by atoms with Gasteiger partial charge < -0.3 is 0 Å². The Bertz CT molecular complexity index is 834. The summed E-state index contributed by atoms with van der Waals surface area (Å²) in [6, 6.07) is 8.91. The molecule has 0 unspecified atom stereocenters. The highest BCUT2D eigenvalue weighted by Crippen LogP contribution is 2.12. The van der Waals surface area contributed by atoms with Crippen LogP contribution in [0, 0.1) is 10.1 Å². The fourth-order valence-electron chi connectivity index (χ4n) is 1.68. The molecule has 0 saturated heterocycles. The van der Waals surface area contributed by atoms with Crippen LogP contribution in [0.1, 0.15) is 15.2 Å². The van der Waals surface area contributed by atoms with Crippen LogP contribution in [0.5, 0.6) is 0 Å². The van der Waals surface area contributed by atoms with Gasteiger partial charge in [-0.15, -0.1) is 11.3 Å². The molecule has 0 bridgehead atoms. The fraction of sp³-hybridized carbons (Fsp3) is 0. The highest BCUT2D eigenvalue weighted by molar-refractivity contribution is 7.80. The van der Waals surface area contributed by atoms with Crippen molar-refractivity contribution >= 4 is 52.2 Å². The van der Waals surface area contributed by atoms with Gasteiger partial charge in [-0.3, -0.25) is 35.9 Å². The molecule has 0 fully saturated rings. The zero-order chi connectivity index (χ0) is 18.2. The van der Waals surface area contributed by atoms with E-state index in [9.17, 15) is 19.7 Å². The van der Waals surface area contributed by atoms with Crippen molar-refractivity contribution in [3.8, 4) is 0 Å². The Hall–Kier alpha value is -3.11. The molecule has 0 spiro atoms. The van der Waals surface area contributed by atoms with Gasteiger partial charge in [-0.05, 0) is 35.8 Å². The third-order valence-corrected chi connectivity index (χ3v) is 3.83. The summed E-state index contributed by atoms with van der Waals surface area (Å²) < 4.78 is 0. The van der Waals surface area contributed by atoms with Crippen molar-refractivity contribution in [2.45, 2.75) is 0 Å². The summed E-state index contributed by atoms with van der Waals surface area (Å²) in [4.78, 5) is 34.6. The Morgan fingerprint density at radius 3 is 2.68 bits per heavy atom. The summed E-state index contributed by atoms with van der Waals surface area (Å²) >= 11 is 6.36. The number of nitrogens with zero attached hydrogens (tertiary/aromatic N) is 1. The lowest BCUT2D eigenvalue weighted by atomic mass is 10.2. The number of nitro benzene ring substituents is 1. The number of non-ortho nitro benzene ring substituents is 1. The van der Waals surface area contributed by atoms with Crippen LogP contribution in [0.2, 0.25) is 0 Å². The second kappa shape index (κ2) is 8.66. The summed E-state index contributed by atoms with van der Waals surface area (Å²) in [7, 11) is 0. The van der Waals surface area contributed by atoms with Gasteiger partial charge in [-0.2, -0.15) is 0 Å². The molecule has 0 atom stereocenters. The molecule has 128 valence electrons. The van der Waals surface area contributed by atoms with Crippen molar-refractivity contribution in [1.29, 1.82) is 0 Å². The molecule has 0 aliphatic carbocycles. The van der Waals surface area contributed by atoms with E-state index >= 15 is 0 Å². The van der Waals surface area contributed by atoms with Gasteiger partial charge in [-0.1, -0.05) is 12.1 Å². The van der Waals surface area contributed by atoms with Gasteiger partial charge >= 0.3 is 0 Å². The fourth-order valence-corrected chi connectivity index (χ4v) is 2.44. The molecule has 2 amide bonds. The molecule has 0 aliphatic heterocycles. The number of thiocarbonyl (C=S) groups is 1. The normalized spacial score (nSPS) is 10.2. The average molecular weight is 376 g/mol. The minimum atomic E-state index is -0.630. The maximum Gasteiger partial charge on any atom is 0.270 e. The van der Waals surface area contributed by atoms with E-state index in [1.807, 2.05) is 17.5 Å². The largest absolute Gasteiger partial charge is 0.298 e. The predicted molar refractivity (Wildman–Crippen MR) is 97.8 cm³/mol. The number of hydrazine groups is 1. The number of nitrogens with one attached hydrogen (secondary N) is 3. The molecular weight excluding hydrogens is 364 g/mol. The Kier molecular flexibility index (Phi) is 6.32. The number of hydrogen-bond donors (Lipinski definition) is 3. The molecule has 2 rings (SSSR count). The highest BCUT2D eigenvalue weighted by atomic mass is 32.1. The monoisotopic (exact) mass is 376 g/mol. The van der Waals surface area contributed by atoms with Crippen LogP contribution in [-0.2, 0) is 4.79 Å². The third kappa shape index (κ3) is 5.79. The summed E-state index contributed by atoms with van der Waals surface area (Å²) in [6.07, 6.45) is 2.94. The zero-order valence-electron chi connectivity index (χ0n) is 12.6. The van der Waals surface area contributed by atoms with Gasteiger partial charge in [0.25, 0.3) is 11.6 Å². The summed E-state index contributed by atoms with van der Waals surface area (Å²) in [5.41, 5.74) is 4.47. The third-order valence-electron chi connectivity index (χ3n) is 2.79. The highest BCUT2D eigenvalue weighted by Gasteiger charge is 2.11. The van der Waals surface area contributed by atoms with Crippen molar-refractivity contribution < 1.29 is 14.5 Å². The minimum absolute atomic E-state index is 0.0772. The molecule has 0 aliphatic rings. The topological polar surface area (TPSA) is 113 Å². The van der Waals surface area contributed by atoms with E-state index in [4.69, 9.17) is 12.2 Å². The second-order valence-electron chi connectivity index (χ2n) is 4.55. The van der Waals surface area contributed by atoms with Gasteiger partial charge in [0.05, 0.1) is 4.92 Å². The second-order valence-corrected chi connectivity index (χ2v) is 5.94. The standard InChI is InChI=1S/C15H12N4O4S2/c20-13(7-6-12-5-2-8-25-12)16-15(24)18-17-14(21)10-3-1-4-11(9-10)19(22)23/h1-9H,(H,17,21)(H2,16,18,20,24). The van der Waals surface area contributed by atoms with Crippen LogP contribution >= 0.6 is 23.6 Å².